The molecule has 0 radical (unpaired) electrons. The van der Waals surface area contributed by atoms with Crippen molar-refractivity contribution in [2.24, 2.45) is 11.8 Å². The van der Waals surface area contributed by atoms with Gasteiger partial charge < -0.3 is 9.47 Å². The van der Waals surface area contributed by atoms with Crippen LogP contribution in [0.4, 0.5) is 0 Å². The minimum absolute atomic E-state index is 0.00997. The van der Waals surface area contributed by atoms with E-state index in [0.29, 0.717) is 24.7 Å². The fraction of sp³-hybridized carbons (Fsp3) is 0.917. The summed E-state index contributed by atoms with van der Waals surface area (Å²) in [6.07, 6.45) is 12.4. The van der Waals surface area contributed by atoms with Gasteiger partial charge in [-0.05, 0) is 76.5 Å². The first-order chi connectivity index (χ1) is 14.7. The van der Waals surface area contributed by atoms with E-state index in [0.717, 1.165) is 51.6 Å². The molecule has 0 aromatic carbocycles. The summed E-state index contributed by atoms with van der Waals surface area (Å²) >= 11 is 0. The van der Waals surface area contributed by atoms with Gasteiger partial charge in [0.05, 0.1) is 0 Å². The van der Waals surface area contributed by atoms with E-state index in [1.165, 1.54) is 51.9 Å². The number of carbonyl (C=O) groups excluding carboxylic acids is 2. The first kappa shape index (κ1) is 22.1. The maximum Gasteiger partial charge on any atom is 0.306 e. The molecule has 2 atom stereocenters. The van der Waals surface area contributed by atoms with E-state index in [1.54, 1.807) is 0 Å². The molecule has 0 N–H and O–H groups in total. The standard InChI is InChI=1S/C24H40N2O4/c27-23(29-21-17-25-13-9-19(21)10-14-25)7-5-3-1-2-4-6-8-24(28)30-22-18-26-15-11-20(22)12-16-26/h19-22H,1-18H2. The highest BCUT2D eigenvalue weighted by Gasteiger charge is 2.37. The summed E-state index contributed by atoms with van der Waals surface area (Å²) in [7, 11) is 0. The number of esters is 2. The minimum atomic E-state index is -0.00997. The van der Waals surface area contributed by atoms with E-state index in [2.05, 4.69) is 9.80 Å². The quantitative estimate of drug-likeness (QED) is 0.377. The number of nitrogens with zero attached hydrogens (tertiary/aromatic N) is 2. The number of fused-ring (bicyclic) bond motifs is 6. The van der Waals surface area contributed by atoms with Gasteiger partial charge in [0, 0.05) is 25.9 Å². The number of unbranched alkanes of at least 4 members (excludes halogenated alkanes) is 5. The summed E-state index contributed by atoms with van der Waals surface area (Å²) in [5.74, 6) is 1.17. The second-order valence-corrected chi connectivity index (χ2v) is 9.95. The number of piperidine rings is 6. The molecular formula is C24H40N2O4. The van der Waals surface area contributed by atoms with E-state index in [-0.39, 0.29) is 24.1 Å². The molecule has 0 aromatic heterocycles. The topological polar surface area (TPSA) is 59.1 Å². The predicted octanol–water partition coefficient (Wildman–Crippen LogP) is 3.38. The highest BCUT2D eigenvalue weighted by molar-refractivity contribution is 5.70. The van der Waals surface area contributed by atoms with Crippen molar-refractivity contribution in [3.63, 3.8) is 0 Å². The summed E-state index contributed by atoms with van der Waals surface area (Å²) in [5, 5.41) is 0. The Morgan fingerprint density at radius 2 is 0.967 bits per heavy atom. The highest BCUT2D eigenvalue weighted by Crippen LogP contribution is 2.30. The van der Waals surface area contributed by atoms with E-state index >= 15 is 0 Å². The lowest BCUT2D eigenvalue weighted by molar-refractivity contribution is -0.159. The maximum absolute atomic E-state index is 12.1. The molecule has 2 unspecified atom stereocenters. The summed E-state index contributed by atoms with van der Waals surface area (Å²) in [6, 6.07) is 0. The molecule has 4 bridgehead atoms. The van der Waals surface area contributed by atoms with Crippen LogP contribution in [0, 0.1) is 11.8 Å². The predicted molar refractivity (Wildman–Crippen MR) is 115 cm³/mol. The van der Waals surface area contributed by atoms with E-state index in [9.17, 15) is 9.59 Å². The van der Waals surface area contributed by atoms with Gasteiger partial charge in [0.1, 0.15) is 12.2 Å². The van der Waals surface area contributed by atoms with Gasteiger partial charge in [-0.1, -0.05) is 25.7 Å². The average molecular weight is 421 g/mol. The molecule has 0 spiro atoms. The number of hydrogen-bond donors (Lipinski definition) is 0. The molecule has 0 saturated carbocycles. The number of carbonyl (C=O) groups is 2. The number of ether oxygens (including phenoxy) is 2. The Labute approximate surface area is 181 Å². The summed E-state index contributed by atoms with van der Waals surface area (Å²) in [6.45, 7) is 6.59. The van der Waals surface area contributed by atoms with Crippen molar-refractivity contribution in [2.75, 3.05) is 39.3 Å². The van der Waals surface area contributed by atoms with Gasteiger partial charge in [0.25, 0.3) is 0 Å². The Hall–Kier alpha value is -1.14. The van der Waals surface area contributed by atoms with Crippen LogP contribution in [0.2, 0.25) is 0 Å². The second-order valence-electron chi connectivity index (χ2n) is 9.95. The van der Waals surface area contributed by atoms with Crippen molar-refractivity contribution in [1.82, 2.24) is 9.80 Å². The molecule has 6 aliphatic rings. The third-order valence-corrected chi connectivity index (χ3v) is 7.77. The second kappa shape index (κ2) is 10.9. The molecule has 170 valence electrons. The zero-order valence-corrected chi connectivity index (χ0v) is 18.6. The van der Waals surface area contributed by atoms with Gasteiger partial charge in [0.15, 0.2) is 0 Å². The molecule has 6 heteroatoms. The van der Waals surface area contributed by atoms with Gasteiger partial charge >= 0.3 is 11.9 Å². The van der Waals surface area contributed by atoms with Crippen molar-refractivity contribution in [3.8, 4) is 0 Å². The van der Waals surface area contributed by atoms with Gasteiger partial charge in [-0.15, -0.1) is 0 Å². The van der Waals surface area contributed by atoms with Gasteiger partial charge in [-0.2, -0.15) is 0 Å². The number of rotatable bonds is 11. The van der Waals surface area contributed by atoms with Gasteiger partial charge in [-0.25, -0.2) is 0 Å². The zero-order chi connectivity index (χ0) is 20.8. The summed E-state index contributed by atoms with van der Waals surface area (Å²) in [5.41, 5.74) is 0. The van der Waals surface area contributed by atoms with Crippen LogP contribution in [0.5, 0.6) is 0 Å². The fourth-order valence-corrected chi connectivity index (χ4v) is 5.79. The Kier molecular flexibility index (Phi) is 8.05. The van der Waals surface area contributed by atoms with Crippen molar-refractivity contribution in [1.29, 1.82) is 0 Å². The van der Waals surface area contributed by atoms with Crippen LogP contribution in [0.25, 0.3) is 0 Å². The van der Waals surface area contributed by atoms with Crippen molar-refractivity contribution in [3.05, 3.63) is 0 Å². The van der Waals surface area contributed by atoms with Crippen molar-refractivity contribution >= 4 is 11.9 Å². The Balaban J connectivity index is 0.969. The maximum atomic E-state index is 12.1. The molecule has 30 heavy (non-hydrogen) atoms. The molecule has 0 aliphatic carbocycles. The summed E-state index contributed by atoms with van der Waals surface area (Å²) in [4.78, 5) is 29.1. The Bertz CT molecular complexity index is 518. The molecule has 6 nitrogen and oxygen atoms in total. The van der Waals surface area contributed by atoms with Crippen molar-refractivity contribution in [2.45, 2.75) is 89.3 Å². The smallest absolute Gasteiger partial charge is 0.306 e. The molecule has 0 amide bonds. The zero-order valence-electron chi connectivity index (χ0n) is 18.6. The van der Waals surface area contributed by atoms with E-state index < -0.39 is 0 Å². The first-order valence-electron chi connectivity index (χ1n) is 12.5. The Morgan fingerprint density at radius 3 is 1.30 bits per heavy atom. The molecule has 0 aromatic rings. The molecule has 6 fully saturated rings. The van der Waals surface area contributed by atoms with Gasteiger partial charge in [0.2, 0.25) is 0 Å². The average Bonchev–Trinajstić information content (AvgIpc) is 2.77. The SMILES string of the molecule is O=C(CCCCCCCCC(=O)OC1CN2CCC1CC2)OC1CN2CCC1CC2. The van der Waals surface area contributed by atoms with Crippen LogP contribution >= 0.6 is 0 Å². The van der Waals surface area contributed by atoms with Crippen molar-refractivity contribution < 1.29 is 19.1 Å². The fourth-order valence-electron chi connectivity index (χ4n) is 5.79. The van der Waals surface area contributed by atoms with Crippen LogP contribution in [0.15, 0.2) is 0 Å². The molecular weight excluding hydrogens is 380 g/mol. The normalized spacial score (nSPS) is 34.7. The van der Waals surface area contributed by atoms with E-state index in [1.807, 2.05) is 0 Å². The first-order valence-corrected chi connectivity index (χ1v) is 12.5. The molecule has 6 aliphatic heterocycles. The third kappa shape index (κ3) is 6.19. The van der Waals surface area contributed by atoms with Crippen LogP contribution in [-0.4, -0.2) is 73.2 Å². The molecule has 6 rings (SSSR count). The molecule has 6 saturated heterocycles. The lowest BCUT2D eigenvalue weighted by Gasteiger charge is -2.43. The highest BCUT2D eigenvalue weighted by atomic mass is 16.5. The monoisotopic (exact) mass is 420 g/mol. The van der Waals surface area contributed by atoms with E-state index in [4.69, 9.17) is 9.47 Å². The van der Waals surface area contributed by atoms with Gasteiger partial charge in [-0.3, -0.25) is 19.4 Å². The summed E-state index contributed by atoms with van der Waals surface area (Å²) < 4.78 is 11.5. The lowest BCUT2D eigenvalue weighted by atomic mass is 9.86. The minimum Gasteiger partial charge on any atom is -0.461 e. The third-order valence-electron chi connectivity index (χ3n) is 7.77. The largest absolute Gasteiger partial charge is 0.461 e. The van der Waals surface area contributed by atoms with Crippen LogP contribution in [0.1, 0.15) is 77.0 Å². The molecule has 6 heterocycles. The van der Waals surface area contributed by atoms with Crippen LogP contribution < -0.4 is 0 Å². The van der Waals surface area contributed by atoms with Crippen LogP contribution in [0.3, 0.4) is 0 Å². The lowest BCUT2D eigenvalue weighted by Crippen LogP contribution is -2.51. The Morgan fingerprint density at radius 1 is 0.600 bits per heavy atom. The van der Waals surface area contributed by atoms with Crippen LogP contribution in [-0.2, 0) is 19.1 Å². The number of hydrogen-bond acceptors (Lipinski definition) is 6.